The van der Waals surface area contributed by atoms with Crippen LogP contribution in [-0.2, 0) is 0 Å². The van der Waals surface area contributed by atoms with Gasteiger partial charge in [-0.25, -0.2) is 0 Å². The quantitative estimate of drug-likeness (QED) is 0.933. The van der Waals surface area contributed by atoms with E-state index >= 15 is 0 Å². The van der Waals surface area contributed by atoms with E-state index in [1.54, 1.807) is 18.4 Å². The zero-order valence-corrected chi connectivity index (χ0v) is 12.7. The van der Waals surface area contributed by atoms with Crippen LogP contribution >= 0.6 is 27.3 Å². The second kappa shape index (κ2) is 5.62. The van der Waals surface area contributed by atoms with Crippen LogP contribution in [-0.4, -0.2) is 28.1 Å². The molecule has 18 heavy (non-hydrogen) atoms. The molecule has 2 heterocycles. The normalized spacial score (nSPS) is 10.7. The van der Waals surface area contributed by atoms with Crippen LogP contribution in [0.2, 0.25) is 0 Å². The number of anilines is 1. The third-order valence-corrected chi connectivity index (χ3v) is 3.74. The van der Waals surface area contributed by atoms with Crippen molar-refractivity contribution in [2.75, 3.05) is 12.4 Å². The van der Waals surface area contributed by atoms with Crippen molar-refractivity contribution in [2.24, 2.45) is 0 Å². The number of rotatable bonds is 4. The molecule has 2 aromatic rings. The molecule has 0 amide bonds. The van der Waals surface area contributed by atoms with Crippen LogP contribution in [0.4, 0.5) is 5.95 Å². The first-order chi connectivity index (χ1) is 8.60. The summed E-state index contributed by atoms with van der Waals surface area (Å²) < 4.78 is 6.49. The highest BCUT2D eigenvalue weighted by Gasteiger charge is 2.12. The average molecular weight is 329 g/mol. The van der Waals surface area contributed by atoms with E-state index in [0.29, 0.717) is 17.8 Å². The molecule has 0 atom stereocenters. The molecule has 0 aliphatic heterocycles. The van der Waals surface area contributed by atoms with E-state index in [1.165, 1.54) is 0 Å². The lowest BCUT2D eigenvalue weighted by atomic mass is 10.3. The number of nitrogens with one attached hydrogen (secondary N) is 1. The van der Waals surface area contributed by atoms with Gasteiger partial charge < -0.3 is 10.1 Å². The molecule has 0 saturated heterocycles. The summed E-state index contributed by atoms with van der Waals surface area (Å²) in [4.78, 5) is 12.8. The van der Waals surface area contributed by atoms with E-state index in [4.69, 9.17) is 4.74 Å². The predicted octanol–water partition coefficient (Wildman–Crippen LogP) is 3.19. The second-order valence-corrected chi connectivity index (χ2v) is 5.41. The van der Waals surface area contributed by atoms with Gasteiger partial charge in [0.15, 0.2) is 5.82 Å². The van der Waals surface area contributed by atoms with E-state index in [1.807, 2.05) is 24.6 Å². The Morgan fingerprint density at radius 2 is 2.06 bits per heavy atom. The highest BCUT2D eigenvalue weighted by atomic mass is 79.9. The number of hydrogen-bond acceptors (Lipinski definition) is 6. The van der Waals surface area contributed by atoms with Crippen molar-refractivity contribution >= 4 is 33.2 Å². The molecule has 1 N–H and O–H groups in total. The predicted molar refractivity (Wildman–Crippen MR) is 76.2 cm³/mol. The summed E-state index contributed by atoms with van der Waals surface area (Å²) in [6, 6.07) is 0.331. The van der Waals surface area contributed by atoms with Gasteiger partial charge in [0, 0.05) is 27.8 Å². The molecule has 2 aromatic heterocycles. The van der Waals surface area contributed by atoms with Gasteiger partial charge in [-0.05, 0) is 29.8 Å². The third kappa shape index (κ3) is 2.97. The smallest absolute Gasteiger partial charge is 0.322 e. The molecule has 7 heteroatoms. The van der Waals surface area contributed by atoms with Crippen molar-refractivity contribution in [3.63, 3.8) is 0 Å². The molecule has 0 aliphatic rings. The lowest BCUT2D eigenvalue weighted by Crippen LogP contribution is -2.11. The Morgan fingerprint density at radius 1 is 1.28 bits per heavy atom. The van der Waals surface area contributed by atoms with Crippen LogP contribution in [0.15, 0.2) is 15.2 Å². The Kier molecular flexibility index (Phi) is 4.13. The lowest BCUT2D eigenvalue weighted by Gasteiger charge is -2.09. The SMILES string of the molecule is CNc1nc(OC(C)C)nc(-c2cscc2Br)n1. The summed E-state index contributed by atoms with van der Waals surface area (Å²) in [7, 11) is 1.76. The van der Waals surface area contributed by atoms with Crippen LogP contribution in [0.25, 0.3) is 11.4 Å². The maximum Gasteiger partial charge on any atom is 0.322 e. The number of aromatic nitrogens is 3. The minimum Gasteiger partial charge on any atom is -0.461 e. The molecular formula is C11H13BrN4OS. The Morgan fingerprint density at radius 3 is 2.61 bits per heavy atom. The van der Waals surface area contributed by atoms with Crippen LogP contribution in [0, 0.1) is 0 Å². The van der Waals surface area contributed by atoms with Gasteiger partial charge in [0.25, 0.3) is 0 Å². The second-order valence-electron chi connectivity index (χ2n) is 3.82. The van der Waals surface area contributed by atoms with E-state index in [2.05, 4.69) is 36.2 Å². The molecule has 0 saturated carbocycles. The van der Waals surface area contributed by atoms with Crippen LogP contribution in [0.5, 0.6) is 6.01 Å². The molecule has 2 rings (SSSR count). The zero-order valence-electron chi connectivity index (χ0n) is 10.3. The molecule has 5 nitrogen and oxygen atoms in total. The molecule has 0 fully saturated rings. The van der Waals surface area contributed by atoms with Gasteiger partial charge in [0.1, 0.15) is 0 Å². The minimum absolute atomic E-state index is 0.0240. The topological polar surface area (TPSA) is 59.9 Å². The van der Waals surface area contributed by atoms with Gasteiger partial charge >= 0.3 is 6.01 Å². The van der Waals surface area contributed by atoms with E-state index in [9.17, 15) is 0 Å². The van der Waals surface area contributed by atoms with Crippen molar-refractivity contribution in [3.8, 4) is 17.4 Å². The summed E-state index contributed by atoms with van der Waals surface area (Å²) >= 11 is 5.06. The number of ether oxygens (including phenoxy) is 1. The highest BCUT2D eigenvalue weighted by Crippen LogP contribution is 2.30. The molecular weight excluding hydrogens is 316 g/mol. The van der Waals surface area contributed by atoms with Crippen molar-refractivity contribution < 1.29 is 4.74 Å². The van der Waals surface area contributed by atoms with Gasteiger partial charge in [-0.1, -0.05) is 0 Å². The molecule has 0 aromatic carbocycles. The number of hydrogen-bond donors (Lipinski definition) is 1. The Balaban J connectivity index is 2.44. The largest absolute Gasteiger partial charge is 0.461 e. The van der Waals surface area contributed by atoms with Gasteiger partial charge in [-0.2, -0.15) is 26.3 Å². The fourth-order valence-electron chi connectivity index (χ4n) is 1.29. The van der Waals surface area contributed by atoms with E-state index in [0.717, 1.165) is 10.0 Å². The minimum atomic E-state index is 0.0240. The Hall–Kier alpha value is -1.21. The molecule has 96 valence electrons. The van der Waals surface area contributed by atoms with Crippen LogP contribution in [0.1, 0.15) is 13.8 Å². The fourth-order valence-corrected chi connectivity index (χ4v) is 2.74. The molecule has 0 unspecified atom stereocenters. The first-order valence-electron chi connectivity index (χ1n) is 5.42. The summed E-state index contributed by atoms with van der Waals surface area (Å²) in [6.45, 7) is 3.87. The van der Waals surface area contributed by atoms with Crippen molar-refractivity contribution in [1.82, 2.24) is 15.0 Å². The standard InChI is InChI=1S/C11H13BrN4OS/c1-6(2)17-11-15-9(14-10(13-3)16-11)7-4-18-5-8(7)12/h4-6H,1-3H3,(H,13,14,15,16). The summed E-state index contributed by atoms with van der Waals surface area (Å²) in [5.41, 5.74) is 0.938. The van der Waals surface area contributed by atoms with E-state index < -0.39 is 0 Å². The maximum atomic E-state index is 5.52. The third-order valence-electron chi connectivity index (χ3n) is 2.04. The van der Waals surface area contributed by atoms with Gasteiger partial charge in [-0.3, -0.25) is 0 Å². The first kappa shape index (κ1) is 13.2. The lowest BCUT2D eigenvalue weighted by molar-refractivity contribution is 0.222. The van der Waals surface area contributed by atoms with E-state index in [-0.39, 0.29) is 6.10 Å². The maximum absolute atomic E-state index is 5.52. The first-order valence-corrected chi connectivity index (χ1v) is 7.16. The zero-order chi connectivity index (χ0) is 13.1. The van der Waals surface area contributed by atoms with Crippen molar-refractivity contribution in [2.45, 2.75) is 20.0 Å². The number of thiophene rings is 1. The fraction of sp³-hybridized carbons (Fsp3) is 0.364. The van der Waals surface area contributed by atoms with Gasteiger partial charge in [0.05, 0.1) is 6.10 Å². The average Bonchev–Trinajstić information content (AvgIpc) is 2.74. The Labute approximate surface area is 118 Å². The highest BCUT2D eigenvalue weighted by molar-refractivity contribution is 9.10. The van der Waals surface area contributed by atoms with Crippen molar-refractivity contribution in [3.05, 3.63) is 15.2 Å². The van der Waals surface area contributed by atoms with Gasteiger partial charge in [0.2, 0.25) is 5.95 Å². The molecule has 0 spiro atoms. The number of nitrogens with zero attached hydrogens (tertiary/aromatic N) is 3. The van der Waals surface area contributed by atoms with Crippen molar-refractivity contribution in [1.29, 1.82) is 0 Å². The van der Waals surface area contributed by atoms with Gasteiger partial charge in [-0.15, -0.1) is 0 Å². The molecule has 0 bridgehead atoms. The molecule has 0 radical (unpaired) electrons. The number of halogens is 1. The summed E-state index contributed by atoms with van der Waals surface area (Å²) in [6.07, 6.45) is 0.0240. The summed E-state index contributed by atoms with van der Waals surface area (Å²) in [5.74, 6) is 1.09. The summed E-state index contributed by atoms with van der Waals surface area (Å²) in [5, 5.41) is 6.88. The molecule has 0 aliphatic carbocycles. The van der Waals surface area contributed by atoms with Crippen LogP contribution in [0.3, 0.4) is 0 Å². The van der Waals surface area contributed by atoms with Crippen LogP contribution < -0.4 is 10.1 Å². The Bertz CT molecular complexity index is 544. The monoisotopic (exact) mass is 328 g/mol.